The van der Waals surface area contributed by atoms with Gasteiger partial charge in [-0.3, -0.25) is 4.79 Å². The van der Waals surface area contributed by atoms with Crippen LogP contribution in [0.4, 0.5) is 4.39 Å². The van der Waals surface area contributed by atoms with Crippen LogP contribution in [0, 0.1) is 5.82 Å². The Bertz CT molecular complexity index is 729. The number of halogens is 1. The summed E-state index contributed by atoms with van der Waals surface area (Å²) < 4.78 is 18.4. The first-order valence-electron chi connectivity index (χ1n) is 7.42. The molecule has 5 nitrogen and oxygen atoms in total. The molecule has 120 valence electrons. The number of hydrogen-bond donors (Lipinski definition) is 2. The highest BCUT2D eigenvalue weighted by molar-refractivity contribution is 5.96. The van der Waals surface area contributed by atoms with E-state index >= 15 is 0 Å². The molecule has 3 rings (SSSR count). The van der Waals surface area contributed by atoms with E-state index in [0.29, 0.717) is 24.2 Å². The summed E-state index contributed by atoms with van der Waals surface area (Å²) in [5.74, 6) is -1.47. The van der Waals surface area contributed by atoms with Crippen molar-refractivity contribution >= 4 is 11.9 Å². The Balaban J connectivity index is 1.78. The fraction of sp³-hybridized carbons (Fsp3) is 0.294. The molecule has 0 spiro atoms. The topological polar surface area (TPSA) is 79.5 Å². The number of carbonyl (C=O) groups is 2. The molecule has 0 aliphatic heterocycles. The summed E-state index contributed by atoms with van der Waals surface area (Å²) in [6.45, 7) is 0. The highest BCUT2D eigenvalue weighted by atomic mass is 19.1. The molecule has 1 fully saturated rings. The molecule has 2 N–H and O–H groups in total. The highest BCUT2D eigenvalue weighted by Crippen LogP contribution is 2.30. The third-order valence-corrected chi connectivity index (χ3v) is 4.18. The van der Waals surface area contributed by atoms with Crippen molar-refractivity contribution in [2.24, 2.45) is 0 Å². The number of hydrogen-bond acceptors (Lipinski definition) is 3. The number of aliphatic carboxylic acids is 1. The number of carbonyl (C=O) groups excluding carboxylic acids is 1. The molecule has 6 heteroatoms. The fourth-order valence-corrected chi connectivity index (χ4v) is 2.88. The van der Waals surface area contributed by atoms with Crippen LogP contribution in [0.25, 0.3) is 11.3 Å². The van der Waals surface area contributed by atoms with Crippen LogP contribution in [0.15, 0.2) is 40.8 Å². The Morgan fingerprint density at radius 1 is 1.09 bits per heavy atom. The molecule has 1 amide bonds. The lowest BCUT2D eigenvalue weighted by atomic mass is 9.98. The first-order valence-corrected chi connectivity index (χ1v) is 7.42. The predicted octanol–water partition coefficient (Wildman–Crippen LogP) is 3.21. The number of carboxylic acid groups (broad SMARTS) is 1. The van der Waals surface area contributed by atoms with E-state index in [-0.39, 0.29) is 11.6 Å². The van der Waals surface area contributed by atoms with Gasteiger partial charge in [0.25, 0.3) is 5.91 Å². The second-order valence-corrected chi connectivity index (χ2v) is 5.72. The van der Waals surface area contributed by atoms with Crippen molar-refractivity contribution in [3.63, 3.8) is 0 Å². The smallest absolute Gasteiger partial charge is 0.329 e. The Hall–Kier alpha value is -2.63. The molecule has 1 heterocycles. The molecule has 1 aliphatic carbocycles. The van der Waals surface area contributed by atoms with Crippen LogP contribution in [0.5, 0.6) is 0 Å². The van der Waals surface area contributed by atoms with Gasteiger partial charge in [0.1, 0.15) is 17.1 Å². The van der Waals surface area contributed by atoms with Crippen molar-refractivity contribution in [1.82, 2.24) is 5.32 Å². The summed E-state index contributed by atoms with van der Waals surface area (Å²) in [5, 5.41) is 12.0. The Morgan fingerprint density at radius 2 is 1.74 bits per heavy atom. The van der Waals surface area contributed by atoms with Gasteiger partial charge in [-0.2, -0.15) is 0 Å². The summed E-state index contributed by atoms with van der Waals surface area (Å²) in [4.78, 5) is 23.7. The minimum atomic E-state index is -1.21. The quantitative estimate of drug-likeness (QED) is 0.907. The van der Waals surface area contributed by atoms with Crippen LogP contribution in [-0.4, -0.2) is 22.5 Å². The van der Waals surface area contributed by atoms with Crippen molar-refractivity contribution in [3.8, 4) is 11.3 Å². The number of nitrogens with one attached hydrogen (secondary N) is 1. The SMILES string of the molecule is O=C(NC1(C(=O)O)CCCC1)c1ccc(-c2ccc(F)cc2)o1. The molecular weight excluding hydrogens is 301 g/mol. The Kier molecular flexibility index (Phi) is 3.90. The summed E-state index contributed by atoms with van der Waals surface area (Å²) in [7, 11) is 0. The predicted molar refractivity (Wildman–Crippen MR) is 80.4 cm³/mol. The van der Waals surface area contributed by atoms with E-state index in [9.17, 15) is 19.1 Å². The fourth-order valence-electron chi connectivity index (χ4n) is 2.88. The molecule has 1 aromatic carbocycles. The molecule has 23 heavy (non-hydrogen) atoms. The maximum Gasteiger partial charge on any atom is 0.329 e. The van der Waals surface area contributed by atoms with Crippen LogP contribution >= 0.6 is 0 Å². The molecule has 2 aromatic rings. The minimum Gasteiger partial charge on any atom is -0.480 e. The zero-order chi connectivity index (χ0) is 16.4. The third-order valence-electron chi connectivity index (χ3n) is 4.18. The first kappa shape index (κ1) is 15.3. The van der Waals surface area contributed by atoms with Crippen LogP contribution in [-0.2, 0) is 4.79 Å². The van der Waals surface area contributed by atoms with Crippen LogP contribution in [0.3, 0.4) is 0 Å². The van der Waals surface area contributed by atoms with Gasteiger partial charge in [0.05, 0.1) is 0 Å². The third kappa shape index (κ3) is 2.97. The van der Waals surface area contributed by atoms with Gasteiger partial charge in [-0.1, -0.05) is 12.8 Å². The highest BCUT2D eigenvalue weighted by Gasteiger charge is 2.43. The van der Waals surface area contributed by atoms with Crippen molar-refractivity contribution in [1.29, 1.82) is 0 Å². The monoisotopic (exact) mass is 317 g/mol. The van der Waals surface area contributed by atoms with Gasteiger partial charge in [0.2, 0.25) is 0 Å². The zero-order valence-corrected chi connectivity index (χ0v) is 12.3. The van der Waals surface area contributed by atoms with Crippen molar-refractivity contribution < 1.29 is 23.5 Å². The Labute approximate surface area is 132 Å². The average Bonchev–Trinajstić information content (AvgIpc) is 3.17. The van der Waals surface area contributed by atoms with Crippen molar-refractivity contribution in [2.75, 3.05) is 0 Å². The molecule has 0 saturated heterocycles. The standard InChI is InChI=1S/C17H16FNO4/c18-12-5-3-11(4-6-12)13-7-8-14(23-13)15(20)19-17(16(21)22)9-1-2-10-17/h3-8H,1-2,9-10H2,(H,19,20)(H,21,22). The summed E-state index contributed by atoms with van der Waals surface area (Å²) in [6.07, 6.45) is 2.37. The molecule has 1 aromatic heterocycles. The average molecular weight is 317 g/mol. The van der Waals surface area contributed by atoms with Gasteiger partial charge in [-0.25, -0.2) is 9.18 Å². The van der Waals surface area contributed by atoms with Crippen LogP contribution < -0.4 is 5.32 Å². The second kappa shape index (κ2) is 5.87. The maximum atomic E-state index is 12.9. The summed E-state index contributed by atoms with van der Waals surface area (Å²) in [6, 6.07) is 8.78. The number of rotatable bonds is 4. The van der Waals surface area contributed by atoms with Gasteiger partial charge in [0, 0.05) is 5.56 Å². The van der Waals surface area contributed by atoms with E-state index in [2.05, 4.69) is 5.32 Å². The normalized spacial score (nSPS) is 16.2. The Morgan fingerprint density at radius 3 is 2.35 bits per heavy atom. The van der Waals surface area contributed by atoms with E-state index < -0.39 is 17.4 Å². The van der Waals surface area contributed by atoms with E-state index in [1.807, 2.05) is 0 Å². The van der Waals surface area contributed by atoms with Gasteiger partial charge in [0.15, 0.2) is 5.76 Å². The lowest BCUT2D eigenvalue weighted by molar-refractivity contribution is -0.144. The molecular formula is C17H16FNO4. The number of benzene rings is 1. The number of carboxylic acids is 1. The van der Waals surface area contributed by atoms with Crippen LogP contribution in [0.1, 0.15) is 36.2 Å². The van der Waals surface area contributed by atoms with E-state index in [0.717, 1.165) is 12.8 Å². The van der Waals surface area contributed by atoms with E-state index in [4.69, 9.17) is 4.42 Å². The van der Waals surface area contributed by atoms with Gasteiger partial charge >= 0.3 is 5.97 Å². The van der Waals surface area contributed by atoms with Gasteiger partial charge in [-0.15, -0.1) is 0 Å². The first-order chi connectivity index (χ1) is 11.0. The van der Waals surface area contributed by atoms with Gasteiger partial charge in [-0.05, 0) is 49.2 Å². The lowest BCUT2D eigenvalue weighted by Crippen LogP contribution is -2.52. The molecule has 0 unspecified atom stereocenters. The van der Waals surface area contributed by atoms with E-state index in [1.165, 1.54) is 18.2 Å². The molecule has 1 saturated carbocycles. The zero-order valence-electron chi connectivity index (χ0n) is 12.3. The van der Waals surface area contributed by atoms with Gasteiger partial charge < -0.3 is 14.8 Å². The number of amides is 1. The minimum absolute atomic E-state index is 0.0388. The lowest BCUT2D eigenvalue weighted by Gasteiger charge is -2.24. The van der Waals surface area contributed by atoms with E-state index in [1.54, 1.807) is 18.2 Å². The van der Waals surface area contributed by atoms with Crippen molar-refractivity contribution in [2.45, 2.75) is 31.2 Å². The van der Waals surface area contributed by atoms with Crippen molar-refractivity contribution in [3.05, 3.63) is 48.0 Å². The second-order valence-electron chi connectivity index (χ2n) is 5.72. The van der Waals surface area contributed by atoms with Crippen LogP contribution in [0.2, 0.25) is 0 Å². The molecule has 0 radical (unpaired) electrons. The number of furan rings is 1. The molecule has 0 atom stereocenters. The summed E-state index contributed by atoms with van der Waals surface area (Å²) >= 11 is 0. The molecule has 1 aliphatic rings. The molecule has 0 bridgehead atoms. The summed E-state index contributed by atoms with van der Waals surface area (Å²) in [5.41, 5.74) is -0.570. The maximum absolute atomic E-state index is 12.9. The largest absolute Gasteiger partial charge is 0.480 e.